The molecule has 0 aliphatic carbocycles. The summed E-state index contributed by atoms with van der Waals surface area (Å²) in [5.74, 6) is 1.88. The second-order valence-electron chi connectivity index (χ2n) is 7.13. The van der Waals surface area contributed by atoms with Gasteiger partial charge in [0.25, 0.3) is 0 Å². The molecule has 1 unspecified atom stereocenters. The molecule has 1 aromatic carbocycles. The van der Waals surface area contributed by atoms with Gasteiger partial charge in [-0.05, 0) is 49.5 Å². The molecule has 31 heavy (non-hydrogen) atoms. The molecule has 2 N–H and O–H groups in total. The van der Waals surface area contributed by atoms with Crippen LogP contribution in [0.1, 0.15) is 36.9 Å². The van der Waals surface area contributed by atoms with Crippen molar-refractivity contribution in [2.24, 2.45) is 4.99 Å². The first kappa shape index (κ1) is 28.3. The molecule has 0 radical (unpaired) electrons. The summed E-state index contributed by atoms with van der Waals surface area (Å²) in [4.78, 5) is 6.97. The first-order valence-electron chi connectivity index (χ1n) is 10.5. The highest BCUT2D eigenvalue weighted by atomic mass is 127. The van der Waals surface area contributed by atoms with Gasteiger partial charge in [-0.25, -0.2) is 0 Å². The van der Waals surface area contributed by atoms with Gasteiger partial charge in [0.15, 0.2) is 5.96 Å². The van der Waals surface area contributed by atoms with Crippen molar-refractivity contribution in [3.05, 3.63) is 35.4 Å². The fourth-order valence-electron chi connectivity index (χ4n) is 3.31. The Morgan fingerprint density at radius 1 is 1.16 bits per heavy atom. The van der Waals surface area contributed by atoms with Crippen molar-refractivity contribution in [1.29, 1.82) is 0 Å². The Morgan fingerprint density at radius 3 is 2.42 bits per heavy atom. The third kappa shape index (κ3) is 10.2. The second-order valence-corrected chi connectivity index (χ2v) is 8.12. The van der Waals surface area contributed by atoms with Crippen LogP contribution in [-0.4, -0.2) is 68.8 Å². The molecule has 1 aliphatic heterocycles. The zero-order valence-corrected chi connectivity index (χ0v) is 21.4. The number of nitrogens with one attached hydrogen (secondary N) is 2. The lowest BCUT2D eigenvalue weighted by molar-refractivity contribution is -0.137. The molecule has 10 heteroatoms. The molecule has 0 saturated carbocycles. The number of morpholine rings is 1. The molecule has 1 atom stereocenters. The molecule has 5 nitrogen and oxygen atoms in total. The number of thioether (sulfide) groups is 1. The molecule has 1 aliphatic rings. The van der Waals surface area contributed by atoms with Crippen LogP contribution < -0.4 is 10.6 Å². The lowest BCUT2D eigenvalue weighted by Gasteiger charge is -2.34. The number of ether oxygens (including phenoxy) is 1. The molecule has 2 rings (SSSR count). The predicted molar refractivity (Wildman–Crippen MR) is 134 cm³/mol. The number of guanidine groups is 1. The van der Waals surface area contributed by atoms with E-state index in [1.807, 2.05) is 18.7 Å². The van der Waals surface area contributed by atoms with Gasteiger partial charge in [0.05, 0.1) is 31.4 Å². The minimum Gasteiger partial charge on any atom is -0.379 e. The van der Waals surface area contributed by atoms with Crippen molar-refractivity contribution in [3.63, 3.8) is 0 Å². The number of benzene rings is 1. The molecule has 1 fully saturated rings. The van der Waals surface area contributed by atoms with Crippen LogP contribution in [0.15, 0.2) is 29.3 Å². The largest absolute Gasteiger partial charge is 0.416 e. The maximum absolute atomic E-state index is 12.9. The summed E-state index contributed by atoms with van der Waals surface area (Å²) in [6, 6.07) is 5.36. The lowest BCUT2D eigenvalue weighted by atomic mass is 10.0. The minimum absolute atomic E-state index is 0. The predicted octanol–water partition coefficient (Wildman–Crippen LogP) is 4.40. The van der Waals surface area contributed by atoms with E-state index in [0.29, 0.717) is 19.8 Å². The fourth-order valence-corrected chi connectivity index (χ4v) is 3.81. The number of alkyl halides is 3. The quantitative estimate of drug-likeness (QED) is 0.188. The molecule has 0 spiro atoms. The monoisotopic (exact) mass is 574 g/mol. The third-order valence-electron chi connectivity index (χ3n) is 4.94. The van der Waals surface area contributed by atoms with E-state index in [1.54, 1.807) is 12.1 Å². The standard InChI is InChI=1S/C21H33F3N4OS.HI/c1-3-25-20(26-10-4-5-15-30-2)27-16-19(28-11-13-29-14-12-28)17-6-8-18(9-7-17)21(22,23)24;/h6-9,19H,3-5,10-16H2,1-2H3,(H2,25,26,27);1H. The van der Waals surface area contributed by atoms with Crippen LogP contribution in [0, 0.1) is 0 Å². The minimum atomic E-state index is -4.33. The summed E-state index contributed by atoms with van der Waals surface area (Å²) in [6.45, 7) is 6.78. The zero-order chi connectivity index (χ0) is 21.8. The van der Waals surface area contributed by atoms with Gasteiger partial charge in [0.1, 0.15) is 0 Å². The van der Waals surface area contributed by atoms with Gasteiger partial charge in [0, 0.05) is 26.2 Å². The SMILES string of the molecule is CCNC(=NCC(c1ccc(C(F)(F)F)cc1)N1CCOCC1)NCCCCSC.I. The molecule has 0 aromatic heterocycles. The summed E-state index contributed by atoms with van der Waals surface area (Å²) >= 11 is 1.84. The van der Waals surface area contributed by atoms with Crippen molar-refractivity contribution in [1.82, 2.24) is 15.5 Å². The van der Waals surface area contributed by atoms with Crippen LogP contribution in [-0.2, 0) is 10.9 Å². The number of hydrogen-bond donors (Lipinski definition) is 2. The van der Waals surface area contributed by atoms with E-state index in [1.165, 1.54) is 0 Å². The van der Waals surface area contributed by atoms with Crippen LogP contribution in [0.3, 0.4) is 0 Å². The van der Waals surface area contributed by atoms with Crippen molar-refractivity contribution in [2.75, 3.05) is 57.9 Å². The number of halogens is 4. The molecule has 178 valence electrons. The molecule has 0 bridgehead atoms. The zero-order valence-electron chi connectivity index (χ0n) is 18.2. The van der Waals surface area contributed by atoms with Crippen molar-refractivity contribution >= 4 is 41.7 Å². The van der Waals surface area contributed by atoms with Gasteiger partial charge in [-0.15, -0.1) is 24.0 Å². The Labute approximate surface area is 205 Å². The van der Waals surface area contributed by atoms with E-state index in [4.69, 9.17) is 9.73 Å². The highest BCUT2D eigenvalue weighted by molar-refractivity contribution is 14.0. The Kier molecular flexibility index (Phi) is 13.9. The topological polar surface area (TPSA) is 48.9 Å². The van der Waals surface area contributed by atoms with Gasteiger partial charge in [-0.1, -0.05) is 12.1 Å². The Balaban J connectivity index is 0.00000480. The van der Waals surface area contributed by atoms with Gasteiger partial charge < -0.3 is 15.4 Å². The van der Waals surface area contributed by atoms with E-state index in [9.17, 15) is 13.2 Å². The maximum Gasteiger partial charge on any atom is 0.416 e. The summed E-state index contributed by atoms with van der Waals surface area (Å²) in [7, 11) is 0. The normalized spacial score (nSPS) is 16.5. The maximum atomic E-state index is 12.9. The second kappa shape index (κ2) is 15.2. The number of aliphatic imine (C=N–C) groups is 1. The first-order valence-corrected chi connectivity index (χ1v) is 11.8. The van der Waals surface area contributed by atoms with E-state index >= 15 is 0 Å². The van der Waals surface area contributed by atoms with Crippen LogP contribution in [0.2, 0.25) is 0 Å². The van der Waals surface area contributed by atoms with E-state index in [0.717, 1.165) is 68.4 Å². The van der Waals surface area contributed by atoms with Crippen molar-refractivity contribution < 1.29 is 17.9 Å². The van der Waals surface area contributed by atoms with Gasteiger partial charge in [0.2, 0.25) is 0 Å². The summed E-state index contributed by atoms with van der Waals surface area (Å²) in [5.41, 5.74) is 0.209. The highest BCUT2D eigenvalue weighted by Crippen LogP contribution is 2.31. The first-order chi connectivity index (χ1) is 14.5. The average molecular weight is 574 g/mol. The molecule has 1 saturated heterocycles. The van der Waals surface area contributed by atoms with Gasteiger partial charge in [-0.3, -0.25) is 9.89 Å². The smallest absolute Gasteiger partial charge is 0.379 e. The molecular weight excluding hydrogens is 540 g/mol. The van der Waals surface area contributed by atoms with Crippen LogP contribution in [0.4, 0.5) is 13.2 Å². The van der Waals surface area contributed by atoms with Crippen molar-refractivity contribution in [2.45, 2.75) is 32.0 Å². The van der Waals surface area contributed by atoms with Crippen LogP contribution >= 0.6 is 35.7 Å². The summed E-state index contributed by atoms with van der Waals surface area (Å²) < 4.78 is 44.3. The lowest BCUT2D eigenvalue weighted by Crippen LogP contribution is -2.42. The molecule has 1 heterocycles. The van der Waals surface area contributed by atoms with E-state index in [-0.39, 0.29) is 30.0 Å². The number of unbranched alkanes of at least 4 members (excludes halogenated alkanes) is 1. The van der Waals surface area contributed by atoms with Crippen molar-refractivity contribution in [3.8, 4) is 0 Å². The molecule has 1 aromatic rings. The third-order valence-corrected chi connectivity index (χ3v) is 5.64. The number of rotatable bonds is 10. The highest BCUT2D eigenvalue weighted by Gasteiger charge is 2.31. The molecule has 0 amide bonds. The fraction of sp³-hybridized carbons (Fsp3) is 0.667. The van der Waals surface area contributed by atoms with Gasteiger partial charge in [-0.2, -0.15) is 24.9 Å². The van der Waals surface area contributed by atoms with Gasteiger partial charge >= 0.3 is 6.18 Å². The van der Waals surface area contributed by atoms with E-state index < -0.39 is 11.7 Å². The molecular formula is C21H34F3IN4OS. The van der Waals surface area contributed by atoms with E-state index in [2.05, 4.69) is 21.8 Å². The summed E-state index contributed by atoms with van der Waals surface area (Å²) in [5, 5.41) is 6.61. The van der Waals surface area contributed by atoms with Crippen LogP contribution in [0.25, 0.3) is 0 Å². The Bertz CT molecular complexity index is 641. The Hall–Kier alpha value is -0.720. The number of nitrogens with zero attached hydrogens (tertiary/aromatic N) is 2. The Morgan fingerprint density at radius 2 is 1.84 bits per heavy atom. The van der Waals surface area contributed by atoms with Crippen LogP contribution in [0.5, 0.6) is 0 Å². The number of hydrogen-bond acceptors (Lipinski definition) is 4. The summed E-state index contributed by atoms with van der Waals surface area (Å²) in [6.07, 6.45) is -0.0118. The average Bonchev–Trinajstić information content (AvgIpc) is 2.74.